The molecular weight excluding hydrogens is 258 g/mol. The molecule has 0 saturated carbocycles. The molecular formula is C15H17NO4. The maximum atomic E-state index is 12.2. The summed E-state index contributed by atoms with van der Waals surface area (Å²) in [5.74, 6) is 0.653. The molecule has 1 aromatic carbocycles. The fourth-order valence-electron chi connectivity index (χ4n) is 2.65. The van der Waals surface area contributed by atoms with Gasteiger partial charge in [0.1, 0.15) is 11.5 Å². The molecule has 0 aromatic heterocycles. The maximum absolute atomic E-state index is 12.2. The van der Waals surface area contributed by atoms with Crippen molar-refractivity contribution in [1.29, 1.82) is 0 Å². The van der Waals surface area contributed by atoms with Crippen LogP contribution in [-0.4, -0.2) is 41.1 Å². The van der Waals surface area contributed by atoms with Gasteiger partial charge < -0.3 is 19.5 Å². The van der Waals surface area contributed by atoms with Crippen molar-refractivity contribution in [1.82, 2.24) is 4.90 Å². The fourth-order valence-corrected chi connectivity index (χ4v) is 2.65. The van der Waals surface area contributed by atoms with E-state index >= 15 is 0 Å². The average Bonchev–Trinajstić information content (AvgIpc) is 2.64. The van der Waals surface area contributed by atoms with E-state index in [1.54, 1.807) is 12.3 Å². The molecule has 1 saturated heterocycles. The number of morpholine rings is 1. The molecule has 0 aliphatic carbocycles. The van der Waals surface area contributed by atoms with Crippen LogP contribution in [0.15, 0.2) is 30.2 Å². The van der Waals surface area contributed by atoms with Crippen LogP contribution < -0.4 is 4.74 Å². The van der Waals surface area contributed by atoms with E-state index in [0.717, 1.165) is 13.1 Å². The minimum atomic E-state index is -0.146. The number of aromatic hydroxyl groups is 1. The van der Waals surface area contributed by atoms with Crippen molar-refractivity contribution in [3.8, 4) is 11.5 Å². The van der Waals surface area contributed by atoms with Crippen molar-refractivity contribution < 1.29 is 19.4 Å². The van der Waals surface area contributed by atoms with Crippen molar-refractivity contribution in [3.63, 3.8) is 0 Å². The molecule has 1 fully saturated rings. The highest BCUT2D eigenvalue weighted by Crippen LogP contribution is 2.33. The minimum absolute atomic E-state index is 0.0893. The zero-order chi connectivity index (χ0) is 14.3. The Kier molecular flexibility index (Phi) is 3.14. The molecule has 2 aliphatic heterocycles. The Morgan fingerprint density at radius 2 is 2.00 bits per heavy atom. The summed E-state index contributed by atoms with van der Waals surface area (Å²) >= 11 is 0. The number of phenolic OH excluding ortho intramolecular Hbond substituents is 1. The van der Waals surface area contributed by atoms with Crippen LogP contribution in [0.4, 0.5) is 0 Å². The zero-order valence-corrected chi connectivity index (χ0v) is 11.5. The molecule has 2 heterocycles. The minimum Gasteiger partial charge on any atom is -0.508 e. The van der Waals surface area contributed by atoms with E-state index < -0.39 is 0 Å². The second-order valence-corrected chi connectivity index (χ2v) is 5.32. The van der Waals surface area contributed by atoms with Gasteiger partial charge in [-0.2, -0.15) is 0 Å². The van der Waals surface area contributed by atoms with Crippen LogP contribution >= 0.6 is 0 Å². The molecule has 0 amide bonds. The Bertz CT molecular complexity index is 571. The van der Waals surface area contributed by atoms with Crippen LogP contribution in [0.1, 0.15) is 24.2 Å². The molecule has 2 aliphatic rings. The summed E-state index contributed by atoms with van der Waals surface area (Å²) in [6, 6.07) is 4.53. The normalized spacial score (nSPS) is 27.6. The Morgan fingerprint density at radius 3 is 2.70 bits per heavy atom. The summed E-state index contributed by atoms with van der Waals surface area (Å²) in [5, 5.41) is 9.42. The number of benzene rings is 1. The van der Waals surface area contributed by atoms with Crippen LogP contribution in [0.2, 0.25) is 0 Å². The van der Waals surface area contributed by atoms with E-state index in [1.807, 2.05) is 18.7 Å². The topological polar surface area (TPSA) is 59.0 Å². The molecule has 5 heteroatoms. The van der Waals surface area contributed by atoms with Gasteiger partial charge in [-0.3, -0.25) is 4.79 Å². The quantitative estimate of drug-likeness (QED) is 0.793. The van der Waals surface area contributed by atoms with E-state index in [9.17, 15) is 9.90 Å². The van der Waals surface area contributed by atoms with E-state index in [1.165, 1.54) is 12.1 Å². The van der Waals surface area contributed by atoms with E-state index in [4.69, 9.17) is 9.47 Å². The van der Waals surface area contributed by atoms with Gasteiger partial charge in [-0.25, -0.2) is 0 Å². The largest absolute Gasteiger partial charge is 0.508 e. The summed E-state index contributed by atoms with van der Waals surface area (Å²) in [6.07, 6.45) is 1.99. The smallest absolute Gasteiger partial charge is 0.233 e. The number of carbonyl (C=O) groups is 1. The lowest BCUT2D eigenvalue weighted by molar-refractivity contribution is -0.0546. The molecule has 0 bridgehead atoms. The molecule has 2 atom stereocenters. The third-order valence-electron chi connectivity index (χ3n) is 3.40. The molecule has 0 unspecified atom stereocenters. The summed E-state index contributed by atoms with van der Waals surface area (Å²) < 4.78 is 11.2. The van der Waals surface area contributed by atoms with Crippen molar-refractivity contribution in [3.05, 3.63) is 35.7 Å². The SMILES string of the molecule is C[C@H]1CN(C=C2Oc3cc(O)ccc3C2=O)C[C@H](C)O1. The number of ether oxygens (including phenoxy) is 2. The lowest BCUT2D eigenvalue weighted by Crippen LogP contribution is -2.43. The van der Waals surface area contributed by atoms with Crippen molar-refractivity contribution in [2.45, 2.75) is 26.1 Å². The number of hydrogen-bond acceptors (Lipinski definition) is 5. The van der Waals surface area contributed by atoms with Crippen molar-refractivity contribution in [2.24, 2.45) is 0 Å². The Hall–Kier alpha value is -2.01. The standard InChI is InChI=1S/C15H17NO4/c1-9-6-16(7-10(2)19-9)8-14-15(18)12-4-3-11(17)5-13(12)20-14/h3-5,8-10,17H,6-7H2,1-2H3/t9-,10-/m0/s1. The fraction of sp³-hybridized carbons (Fsp3) is 0.400. The van der Waals surface area contributed by atoms with Crippen LogP contribution in [0.25, 0.3) is 0 Å². The molecule has 3 rings (SSSR count). The molecule has 106 valence electrons. The lowest BCUT2D eigenvalue weighted by Gasteiger charge is -2.34. The molecule has 1 aromatic rings. The summed E-state index contributed by atoms with van der Waals surface area (Å²) in [5.41, 5.74) is 0.489. The summed E-state index contributed by atoms with van der Waals surface area (Å²) in [6.45, 7) is 5.47. The molecule has 20 heavy (non-hydrogen) atoms. The van der Waals surface area contributed by atoms with E-state index in [-0.39, 0.29) is 23.7 Å². The Balaban J connectivity index is 1.82. The Morgan fingerprint density at radius 1 is 1.30 bits per heavy atom. The summed E-state index contributed by atoms with van der Waals surface area (Å²) in [4.78, 5) is 14.3. The molecule has 5 nitrogen and oxygen atoms in total. The average molecular weight is 275 g/mol. The number of Topliss-reactive ketones (excluding diaryl/α,β-unsaturated/α-hetero) is 1. The highest BCUT2D eigenvalue weighted by atomic mass is 16.5. The first-order valence-electron chi connectivity index (χ1n) is 6.70. The first-order valence-corrected chi connectivity index (χ1v) is 6.70. The molecule has 1 N–H and O–H groups in total. The van der Waals surface area contributed by atoms with E-state index in [2.05, 4.69) is 0 Å². The number of carbonyl (C=O) groups excluding carboxylic acids is 1. The van der Waals surface area contributed by atoms with Gasteiger partial charge in [0.15, 0.2) is 5.76 Å². The highest BCUT2D eigenvalue weighted by Gasteiger charge is 2.29. The van der Waals surface area contributed by atoms with Gasteiger partial charge in [0, 0.05) is 25.4 Å². The number of nitrogens with zero attached hydrogens (tertiary/aromatic N) is 1. The molecule has 0 radical (unpaired) electrons. The van der Waals surface area contributed by atoms with Crippen LogP contribution in [0.5, 0.6) is 11.5 Å². The zero-order valence-electron chi connectivity index (χ0n) is 11.5. The van der Waals surface area contributed by atoms with Gasteiger partial charge >= 0.3 is 0 Å². The van der Waals surface area contributed by atoms with Gasteiger partial charge in [0.2, 0.25) is 5.78 Å². The van der Waals surface area contributed by atoms with Gasteiger partial charge in [-0.05, 0) is 26.0 Å². The number of phenols is 1. The third kappa shape index (κ3) is 2.36. The van der Waals surface area contributed by atoms with Crippen molar-refractivity contribution >= 4 is 5.78 Å². The summed E-state index contributed by atoms with van der Waals surface area (Å²) in [7, 11) is 0. The molecule has 0 spiro atoms. The van der Waals surface area contributed by atoms with Crippen molar-refractivity contribution in [2.75, 3.05) is 13.1 Å². The van der Waals surface area contributed by atoms with Gasteiger partial charge in [0.25, 0.3) is 0 Å². The maximum Gasteiger partial charge on any atom is 0.233 e. The van der Waals surface area contributed by atoms with E-state index in [0.29, 0.717) is 17.1 Å². The third-order valence-corrected chi connectivity index (χ3v) is 3.40. The van der Waals surface area contributed by atoms with Crippen LogP contribution in [-0.2, 0) is 4.74 Å². The van der Waals surface area contributed by atoms with Gasteiger partial charge in [0.05, 0.1) is 17.8 Å². The van der Waals surface area contributed by atoms with Crippen LogP contribution in [0.3, 0.4) is 0 Å². The number of rotatable bonds is 1. The predicted molar refractivity (Wildman–Crippen MR) is 72.7 cm³/mol. The second-order valence-electron chi connectivity index (χ2n) is 5.32. The number of fused-ring (bicyclic) bond motifs is 1. The highest BCUT2D eigenvalue weighted by molar-refractivity contribution is 6.12. The number of ketones is 1. The first kappa shape index (κ1) is 13.0. The first-order chi connectivity index (χ1) is 9.52. The predicted octanol–water partition coefficient (Wildman–Crippen LogP) is 1.92. The lowest BCUT2D eigenvalue weighted by atomic mass is 10.1. The Labute approximate surface area is 117 Å². The number of hydrogen-bond donors (Lipinski definition) is 1. The van der Waals surface area contributed by atoms with Gasteiger partial charge in [-0.1, -0.05) is 0 Å². The van der Waals surface area contributed by atoms with Gasteiger partial charge in [-0.15, -0.1) is 0 Å². The van der Waals surface area contributed by atoms with Crippen LogP contribution in [0, 0.1) is 0 Å². The monoisotopic (exact) mass is 275 g/mol. The second kappa shape index (κ2) is 4.83. The number of allylic oxidation sites excluding steroid dienone is 1.